The average molecular weight is 274 g/mol. The highest BCUT2D eigenvalue weighted by Gasteiger charge is 2.07. The minimum atomic E-state index is -0.274. The number of hydrogen-bond acceptors (Lipinski definition) is 4. The van der Waals surface area contributed by atoms with Crippen molar-refractivity contribution in [1.82, 2.24) is 0 Å². The van der Waals surface area contributed by atoms with Crippen LogP contribution in [0.1, 0.15) is 25.5 Å². The van der Waals surface area contributed by atoms with Gasteiger partial charge < -0.3 is 13.9 Å². The van der Waals surface area contributed by atoms with Gasteiger partial charge in [0.2, 0.25) is 0 Å². The highest BCUT2D eigenvalue weighted by atomic mass is 16.5. The first kappa shape index (κ1) is 14.2. The van der Waals surface area contributed by atoms with Gasteiger partial charge in [-0.1, -0.05) is 6.92 Å². The molecule has 0 atom stereocenters. The smallest absolute Gasteiger partial charge is 0.311 e. The summed E-state index contributed by atoms with van der Waals surface area (Å²) in [7, 11) is 0. The first-order valence-electron chi connectivity index (χ1n) is 6.74. The lowest BCUT2D eigenvalue weighted by molar-refractivity contribution is -0.134. The van der Waals surface area contributed by atoms with E-state index in [-0.39, 0.29) is 5.97 Å². The molecule has 0 amide bonds. The average Bonchev–Trinajstić information content (AvgIpc) is 2.98. The SMILES string of the molecule is CCCOc1ccc(OC(=O)CCc2ccco2)cc1. The number of esters is 1. The van der Waals surface area contributed by atoms with Gasteiger partial charge in [0.05, 0.1) is 19.3 Å². The number of furan rings is 1. The molecule has 106 valence electrons. The summed E-state index contributed by atoms with van der Waals surface area (Å²) in [6.07, 6.45) is 3.39. The van der Waals surface area contributed by atoms with Gasteiger partial charge in [0, 0.05) is 6.42 Å². The van der Waals surface area contributed by atoms with E-state index < -0.39 is 0 Å². The number of benzene rings is 1. The molecular formula is C16H18O4. The van der Waals surface area contributed by atoms with E-state index in [1.165, 1.54) is 0 Å². The molecule has 2 aromatic rings. The molecule has 20 heavy (non-hydrogen) atoms. The summed E-state index contributed by atoms with van der Waals surface area (Å²) in [5.41, 5.74) is 0. The Morgan fingerprint density at radius 1 is 1.15 bits per heavy atom. The molecule has 0 spiro atoms. The lowest BCUT2D eigenvalue weighted by Gasteiger charge is -2.06. The van der Waals surface area contributed by atoms with Crippen molar-refractivity contribution in [2.75, 3.05) is 6.61 Å². The second-order valence-electron chi connectivity index (χ2n) is 4.37. The van der Waals surface area contributed by atoms with E-state index in [1.54, 1.807) is 36.6 Å². The number of hydrogen-bond donors (Lipinski definition) is 0. The van der Waals surface area contributed by atoms with Crippen LogP contribution in [0.25, 0.3) is 0 Å². The fraction of sp³-hybridized carbons (Fsp3) is 0.312. The Kier molecular flexibility index (Phi) is 5.24. The number of aryl methyl sites for hydroxylation is 1. The second-order valence-corrected chi connectivity index (χ2v) is 4.37. The number of carbonyl (C=O) groups is 1. The largest absolute Gasteiger partial charge is 0.494 e. The van der Waals surface area contributed by atoms with Crippen molar-refractivity contribution < 1.29 is 18.7 Å². The minimum Gasteiger partial charge on any atom is -0.494 e. The summed E-state index contributed by atoms with van der Waals surface area (Å²) in [6.45, 7) is 2.73. The lowest BCUT2D eigenvalue weighted by Crippen LogP contribution is -2.08. The van der Waals surface area contributed by atoms with Crippen molar-refractivity contribution in [2.24, 2.45) is 0 Å². The van der Waals surface area contributed by atoms with Crippen LogP contribution in [-0.2, 0) is 11.2 Å². The fourth-order valence-electron chi connectivity index (χ4n) is 1.69. The monoisotopic (exact) mass is 274 g/mol. The molecule has 0 aliphatic heterocycles. The van der Waals surface area contributed by atoms with Gasteiger partial charge in [0.25, 0.3) is 0 Å². The molecule has 1 aromatic heterocycles. The van der Waals surface area contributed by atoms with Crippen LogP contribution in [0.2, 0.25) is 0 Å². The second kappa shape index (κ2) is 7.38. The van der Waals surface area contributed by atoms with Gasteiger partial charge in [-0.25, -0.2) is 0 Å². The summed E-state index contributed by atoms with van der Waals surface area (Å²) in [6, 6.07) is 10.7. The first-order valence-corrected chi connectivity index (χ1v) is 6.74. The van der Waals surface area contributed by atoms with Gasteiger partial charge >= 0.3 is 5.97 Å². The van der Waals surface area contributed by atoms with Crippen LogP contribution in [0.3, 0.4) is 0 Å². The van der Waals surface area contributed by atoms with Crippen LogP contribution in [0.4, 0.5) is 0 Å². The van der Waals surface area contributed by atoms with Crippen molar-refractivity contribution in [1.29, 1.82) is 0 Å². The van der Waals surface area contributed by atoms with Gasteiger partial charge in [-0.2, -0.15) is 0 Å². The molecule has 0 saturated carbocycles. The molecule has 0 N–H and O–H groups in total. The molecule has 0 radical (unpaired) electrons. The van der Waals surface area contributed by atoms with Crippen LogP contribution < -0.4 is 9.47 Å². The normalized spacial score (nSPS) is 10.2. The maximum Gasteiger partial charge on any atom is 0.311 e. The first-order chi connectivity index (χ1) is 9.78. The molecule has 2 rings (SSSR count). The predicted octanol–water partition coefficient (Wildman–Crippen LogP) is 3.61. The molecule has 0 aliphatic rings. The number of rotatable bonds is 7. The van der Waals surface area contributed by atoms with E-state index in [4.69, 9.17) is 13.9 Å². The van der Waals surface area contributed by atoms with Crippen molar-refractivity contribution in [3.8, 4) is 11.5 Å². The Morgan fingerprint density at radius 3 is 2.55 bits per heavy atom. The van der Waals surface area contributed by atoms with E-state index in [9.17, 15) is 4.79 Å². The Balaban J connectivity index is 1.78. The number of carbonyl (C=O) groups excluding carboxylic acids is 1. The van der Waals surface area contributed by atoms with Crippen LogP contribution in [-0.4, -0.2) is 12.6 Å². The minimum absolute atomic E-state index is 0.274. The molecule has 1 heterocycles. The van der Waals surface area contributed by atoms with Gasteiger partial charge in [-0.05, 0) is 42.8 Å². The van der Waals surface area contributed by atoms with E-state index >= 15 is 0 Å². The molecular weight excluding hydrogens is 256 g/mol. The van der Waals surface area contributed by atoms with Gasteiger partial charge in [0.15, 0.2) is 0 Å². The third kappa shape index (κ3) is 4.46. The van der Waals surface area contributed by atoms with E-state index in [1.807, 2.05) is 6.07 Å². The Hall–Kier alpha value is -2.23. The summed E-state index contributed by atoms with van der Waals surface area (Å²) >= 11 is 0. The standard InChI is InChI=1S/C16H18O4/c1-2-11-18-14-5-7-15(8-6-14)20-16(17)10-9-13-4-3-12-19-13/h3-8,12H,2,9-11H2,1H3. The van der Waals surface area contributed by atoms with Crippen LogP contribution in [0, 0.1) is 0 Å². The maximum atomic E-state index is 11.7. The van der Waals surface area contributed by atoms with Gasteiger partial charge in [-0.3, -0.25) is 4.79 Å². The molecule has 0 saturated heterocycles. The Morgan fingerprint density at radius 2 is 1.90 bits per heavy atom. The molecule has 4 nitrogen and oxygen atoms in total. The van der Waals surface area contributed by atoms with Crippen molar-refractivity contribution in [3.05, 3.63) is 48.4 Å². The van der Waals surface area contributed by atoms with Gasteiger partial charge in [-0.15, -0.1) is 0 Å². The topological polar surface area (TPSA) is 48.7 Å². The van der Waals surface area contributed by atoms with E-state index in [0.717, 1.165) is 17.9 Å². The van der Waals surface area contributed by atoms with Crippen molar-refractivity contribution in [3.63, 3.8) is 0 Å². The molecule has 1 aromatic carbocycles. The summed E-state index contributed by atoms with van der Waals surface area (Å²) < 4.78 is 15.9. The van der Waals surface area contributed by atoms with Gasteiger partial charge in [0.1, 0.15) is 17.3 Å². The zero-order valence-corrected chi connectivity index (χ0v) is 11.5. The highest BCUT2D eigenvalue weighted by Crippen LogP contribution is 2.18. The molecule has 4 heteroatoms. The van der Waals surface area contributed by atoms with E-state index in [0.29, 0.717) is 25.2 Å². The summed E-state index contributed by atoms with van der Waals surface area (Å²) in [4.78, 5) is 11.7. The molecule has 0 bridgehead atoms. The van der Waals surface area contributed by atoms with Crippen molar-refractivity contribution >= 4 is 5.97 Å². The quantitative estimate of drug-likeness (QED) is 0.571. The zero-order valence-electron chi connectivity index (χ0n) is 11.5. The molecule has 0 aliphatic carbocycles. The predicted molar refractivity (Wildman–Crippen MR) is 74.9 cm³/mol. The Bertz CT molecular complexity index is 514. The summed E-state index contributed by atoms with van der Waals surface area (Å²) in [5.74, 6) is 1.81. The number of ether oxygens (including phenoxy) is 2. The molecule has 0 fully saturated rings. The third-order valence-electron chi connectivity index (χ3n) is 2.68. The van der Waals surface area contributed by atoms with Crippen molar-refractivity contribution in [2.45, 2.75) is 26.2 Å². The highest BCUT2D eigenvalue weighted by molar-refractivity contribution is 5.72. The van der Waals surface area contributed by atoms with Crippen LogP contribution in [0.15, 0.2) is 47.1 Å². The Labute approximate surface area is 118 Å². The lowest BCUT2D eigenvalue weighted by atomic mass is 10.2. The van der Waals surface area contributed by atoms with Crippen LogP contribution in [0.5, 0.6) is 11.5 Å². The van der Waals surface area contributed by atoms with E-state index in [2.05, 4.69) is 6.92 Å². The maximum absolute atomic E-state index is 11.7. The zero-order chi connectivity index (χ0) is 14.2. The summed E-state index contributed by atoms with van der Waals surface area (Å²) in [5, 5.41) is 0. The molecule has 0 unspecified atom stereocenters. The third-order valence-corrected chi connectivity index (χ3v) is 2.68. The fourth-order valence-corrected chi connectivity index (χ4v) is 1.69. The van der Waals surface area contributed by atoms with Crippen LogP contribution >= 0.6 is 0 Å².